The summed E-state index contributed by atoms with van der Waals surface area (Å²) in [6, 6.07) is 1.97. The first-order valence-electron chi connectivity index (χ1n) is 10.6. The number of carbonyl (C=O) groups excluding carboxylic acids is 2. The lowest BCUT2D eigenvalue weighted by Crippen LogP contribution is -2.67. The number of hydrogen-bond acceptors (Lipinski definition) is 4. The van der Waals surface area contributed by atoms with Crippen LogP contribution < -0.4 is 0 Å². The molecule has 0 heterocycles. The highest BCUT2D eigenvalue weighted by atomic mass is 19.1. The van der Waals surface area contributed by atoms with Gasteiger partial charge in [0.15, 0.2) is 11.6 Å². The fraction of sp³-hybridized carbons (Fsp3) is 0.783. The zero-order valence-electron chi connectivity index (χ0n) is 17.0. The predicted octanol–water partition coefficient (Wildman–Crippen LogP) is 3.93. The summed E-state index contributed by atoms with van der Waals surface area (Å²) in [6.45, 7) is 5.95. The quantitative estimate of drug-likeness (QED) is 0.779. The fourth-order valence-electron chi connectivity index (χ4n) is 7.81. The molecule has 0 aromatic rings. The topological polar surface area (TPSA) is 78.2 Å². The van der Waals surface area contributed by atoms with E-state index in [1.165, 1.54) is 0 Å². The van der Waals surface area contributed by atoms with Gasteiger partial charge in [-0.15, -0.1) is 0 Å². The molecule has 0 aromatic carbocycles. The van der Waals surface area contributed by atoms with Gasteiger partial charge in [-0.3, -0.25) is 9.59 Å². The number of halogens is 1. The number of ketones is 2. The van der Waals surface area contributed by atoms with Crippen molar-refractivity contribution in [3.8, 4) is 6.07 Å². The zero-order valence-corrected chi connectivity index (χ0v) is 17.0. The van der Waals surface area contributed by atoms with Gasteiger partial charge in [-0.25, -0.2) is 4.39 Å². The molecular formula is C23H30FNO3. The molecule has 5 heteroatoms. The van der Waals surface area contributed by atoms with Crippen LogP contribution in [0.25, 0.3) is 0 Å². The minimum atomic E-state index is -1.77. The van der Waals surface area contributed by atoms with Crippen molar-refractivity contribution < 1.29 is 19.1 Å². The number of alkyl halides is 1. The maximum Gasteiger partial charge on any atom is 0.155 e. The van der Waals surface area contributed by atoms with Gasteiger partial charge in [-0.05, 0) is 55.4 Å². The van der Waals surface area contributed by atoms with E-state index in [1.807, 2.05) is 26.8 Å². The van der Waals surface area contributed by atoms with Crippen LogP contribution >= 0.6 is 0 Å². The maximum absolute atomic E-state index is 16.9. The van der Waals surface area contributed by atoms with Gasteiger partial charge in [0.1, 0.15) is 5.67 Å². The standard InChI is InChI=1S/C23H30FNO3/c1-13-10-17-16-5-4-14-11-15(26)6-8-22(14,3)23(16,24)19(28)12-21(17,2)20(13)18(27)7-9-25/h11,13,16-17,19-20,28H,4-8,10,12H2,1-3H3/t13?,16-,17-,19?,20+,21-,22-,23-/m0/s1. The van der Waals surface area contributed by atoms with Crippen LogP contribution in [-0.2, 0) is 9.59 Å². The molecule has 0 radical (unpaired) electrons. The number of allylic oxidation sites excluding steroid dienone is 1. The summed E-state index contributed by atoms with van der Waals surface area (Å²) in [5.41, 5.74) is -2.21. The summed E-state index contributed by atoms with van der Waals surface area (Å²) in [7, 11) is 0. The van der Waals surface area contributed by atoms with Crippen LogP contribution in [-0.4, -0.2) is 28.4 Å². The number of aliphatic hydroxyl groups excluding tert-OH is 1. The highest BCUT2D eigenvalue weighted by Gasteiger charge is 2.71. The van der Waals surface area contributed by atoms with Crippen molar-refractivity contribution in [2.75, 3.05) is 0 Å². The third-order valence-corrected chi connectivity index (χ3v) is 8.98. The van der Waals surface area contributed by atoms with E-state index in [4.69, 9.17) is 5.26 Å². The third kappa shape index (κ3) is 2.30. The number of hydrogen-bond donors (Lipinski definition) is 1. The Morgan fingerprint density at radius 1 is 1.36 bits per heavy atom. The van der Waals surface area contributed by atoms with Gasteiger partial charge in [-0.2, -0.15) is 5.26 Å². The summed E-state index contributed by atoms with van der Waals surface area (Å²) in [6.07, 6.45) is 3.40. The average molecular weight is 387 g/mol. The van der Waals surface area contributed by atoms with Gasteiger partial charge in [0.2, 0.25) is 0 Å². The molecule has 0 aliphatic heterocycles. The second-order valence-corrected chi connectivity index (χ2v) is 10.2. The van der Waals surface area contributed by atoms with Gasteiger partial charge in [-0.1, -0.05) is 26.3 Å². The molecule has 3 saturated carbocycles. The molecule has 0 saturated heterocycles. The van der Waals surface area contributed by atoms with Crippen LogP contribution in [0.5, 0.6) is 0 Å². The normalized spacial score (nSPS) is 50.1. The number of Topliss-reactive ketones (excluding diaryl/α,β-unsaturated/α-hetero) is 1. The summed E-state index contributed by atoms with van der Waals surface area (Å²) < 4.78 is 16.9. The van der Waals surface area contributed by atoms with Crippen LogP contribution in [0.15, 0.2) is 11.6 Å². The molecule has 2 unspecified atom stereocenters. The zero-order chi connectivity index (χ0) is 20.5. The minimum Gasteiger partial charge on any atom is -0.390 e. The van der Waals surface area contributed by atoms with E-state index >= 15 is 4.39 Å². The summed E-state index contributed by atoms with van der Waals surface area (Å²) >= 11 is 0. The fourth-order valence-corrected chi connectivity index (χ4v) is 7.81. The number of nitriles is 1. The number of aliphatic hydroxyl groups is 1. The van der Waals surface area contributed by atoms with Crippen LogP contribution in [0, 0.1) is 45.8 Å². The van der Waals surface area contributed by atoms with Crippen LogP contribution in [0.4, 0.5) is 4.39 Å². The maximum atomic E-state index is 16.9. The average Bonchev–Trinajstić information content (AvgIpc) is 2.87. The van der Waals surface area contributed by atoms with Crippen molar-refractivity contribution in [2.45, 2.75) is 77.5 Å². The largest absolute Gasteiger partial charge is 0.390 e. The molecular weight excluding hydrogens is 357 g/mol. The van der Waals surface area contributed by atoms with E-state index in [-0.39, 0.29) is 48.1 Å². The van der Waals surface area contributed by atoms with Crippen LogP contribution in [0.2, 0.25) is 0 Å². The van der Waals surface area contributed by atoms with Gasteiger partial charge >= 0.3 is 0 Å². The minimum absolute atomic E-state index is 0.0135. The predicted molar refractivity (Wildman–Crippen MR) is 102 cm³/mol. The van der Waals surface area contributed by atoms with Crippen molar-refractivity contribution in [2.24, 2.45) is 34.5 Å². The van der Waals surface area contributed by atoms with E-state index < -0.39 is 22.6 Å². The highest BCUT2D eigenvalue weighted by Crippen LogP contribution is 2.70. The Balaban J connectivity index is 1.77. The highest BCUT2D eigenvalue weighted by molar-refractivity contribution is 5.91. The van der Waals surface area contributed by atoms with Gasteiger partial charge in [0.25, 0.3) is 0 Å². The first-order chi connectivity index (χ1) is 13.1. The SMILES string of the molecule is CC1C[C@H]2[C@@H]3CCC4=CC(=O)CC[C@]4(C)[C@@]3(F)C(O)C[C@]2(C)[C@H]1C(=O)CC#N. The molecule has 4 aliphatic rings. The first kappa shape index (κ1) is 19.8. The molecule has 4 nitrogen and oxygen atoms in total. The molecule has 8 atom stereocenters. The van der Waals surface area contributed by atoms with Crippen LogP contribution in [0.3, 0.4) is 0 Å². The van der Waals surface area contributed by atoms with Crippen molar-refractivity contribution in [1.29, 1.82) is 5.26 Å². The summed E-state index contributed by atoms with van der Waals surface area (Å²) in [5, 5.41) is 20.2. The molecule has 0 amide bonds. The second kappa shape index (κ2) is 6.23. The van der Waals surface area contributed by atoms with Crippen molar-refractivity contribution in [3.05, 3.63) is 11.6 Å². The molecule has 0 bridgehead atoms. The lowest BCUT2D eigenvalue weighted by Gasteiger charge is -2.62. The molecule has 0 aromatic heterocycles. The van der Waals surface area contributed by atoms with Crippen LogP contribution in [0.1, 0.15) is 65.7 Å². The Morgan fingerprint density at radius 3 is 2.75 bits per heavy atom. The number of fused-ring (bicyclic) bond motifs is 5. The summed E-state index contributed by atoms with van der Waals surface area (Å²) in [5.74, 6) is -0.527. The lowest BCUT2D eigenvalue weighted by molar-refractivity contribution is -0.208. The summed E-state index contributed by atoms with van der Waals surface area (Å²) in [4.78, 5) is 24.7. The Morgan fingerprint density at radius 2 is 2.07 bits per heavy atom. The Kier molecular flexibility index (Phi) is 4.39. The number of carbonyl (C=O) groups is 2. The Bertz CT molecular complexity index is 800. The molecule has 28 heavy (non-hydrogen) atoms. The molecule has 3 fully saturated rings. The smallest absolute Gasteiger partial charge is 0.155 e. The van der Waals surface area contributed by atoms with E-state index in [1.54, 1.807) is 6.08 Å². The molecule has 152 valence electrons. The van der Waals surface area contributed by atoms with E-state index in [2.05, 4.69) is 0 Å². The lowest BCUT2D eigenvalue weighted by atomic mass is 9.44. The van der Waals surface area contributed by atoms with E-state index in [9.17, 15) is 14.7 Å². The molecule has 0 spiro atoms. The van der Waals surface area contributed by atoms with Gasteiger partial charge in [0, 0.05) is 23.7 Å². The Hall–Kier alpha value is -1.54. The Labute approximate surface area is 166 Å². The first-order valence-corrected chi connectivity index (χ1v) is 10.6. The van der Waals surface area contributed by atoms with Gasteiger partial charge < -0.3 is 5.11 Å². The van der Waals surface area contributed by atoms with Gasteiger partial charge in [0.05, 0.1) is 18.6 Å². The number of nitrogens with zero attached hydrogens (tertiary/aromatic N) is 1. The van der Waals surface area contributed by atoms with E-state index in [0.717, 1.165) is 12.0 Å². The van der Waals surface area contributed by atoms with Crippen molar-refractivity contribution >= 4 is 11.6 Å². The van der Waals surface area contributed by atoms with Crippen molar-refractivity contribution in [3.63, 3.8) is 0 Å². The molecule has 4 aliphatic carbocycles. The molecule has 1 N–H and O–H groups in total. The van der Waals surface area contributed by atoms with E-state index in [0.29, 0.717) is 25.7 Å². The second-order valence-electron chi connectivity index (χ2n) is 10.2. The van der Waals surface area contributed by atoms with Crippen molar-refractivity contribution in [1.82, 2.24) is 0 Å². The third-order valence-electron chi connectivity index (χ3n) is 8.98. The monoisotopic (exact) mass is 387 g/mol. The number of rotatable bonds is 2. The molecule has 4 rings (SSSR count).